The summed E-state index contributed by atoms with van der Waals surface area (Å²) in [6.07, 6.45) is 2.90. The quantitative estimate of drug-likeness (QED) is 0.480. The van der Waals surface area contributed by atoms with Crippen LogP contribution in [-0.4, -0.2) is 29.3 Å². The summed E-state index contributed by atoms with van der Waals surface area (Å²) in [5.74, 6) is 0.172. The van der Waals surface area contributed by atoms with Crippen LogP contribution < -0.4 is 4.74 Å². The van der Waals surface area contributed by atoms with E-state index in [9.17, 15) is 4.39 Å². The number of nitrogens with zero attached hydrogens (tertiary/aromatic N) is 6. The SMILES string of the molecule is Cn1nc(-c2ccccc2Oc2nc3cccnc3n2C)c2ncc(F)cc21. The van der Waals surface area contributed by atoms with Gasteiger partial charge < -0.3 is 4.74 Å². The van der Waals surface area contributed by atoms with Crippen LogP contribution in [0.25, 0.3) is 33.5 Å². The fraction of sp³-hybridized carbons (Fsp3) is 0.100. The molecule has 0 amide bonds. The Labute approximate surface area is 159 Å². The number of hydrogen-bond donors (Lipinski definition) is 0. The number of imidazole rings is 1. The number of fused-ring (bicyclic) bond motifs is 2. The van der Waals surface area contributed by atoms with E-state index in [1.54, 1.807) is 22.5 Å². The molecule has 138 valence electrons. The lowest BCUT2D eigenvalue weighted by Gasteiger charge is -2.09. The summed E-state index contributed by atoms with van der Waals surface area (Å²) in [5, 5.41) is 4.54. The van der Waals surface area contributed by atoms with Gasteiger partial charge in [-0.25, -0.2) is 14.4 Å². The Bertz CT molecular complexity index is 1340. The van der Waals surface area contributed by atoms with E-state index in [2.05, 4.69) is 20.1 Å². The molecule has 0 atom stereocenters. The zero-order chi connectivity index (χ0) is 19.3. The number of para-hydroxylation sites is 1. The van der Waals surface area contributed by atoms with Crippen molar-refractivity contribution >= 4 is 22.2 Å². The van der Waals surface area contributed by atoms with Crippen LogP contribution in [0, 0.1) is 5.82 Å². The Morgan fingerprint density at radius 3 is 2.75 bits per heavy atom. The second kappa shape index (κ2) is 6.12. The maximum Gasteiger partial charge on any atom is 0.303 e. The Hall–Kier alpha value is -3.81. The van der Waals surface area contributed by atoms with Gasteiger partial charge in [0.15, 0.2) is 5.65 Å². The third-order valence-electron chi connectivity index (χ3n) is 4.59. The largest absolute Gasteiger partial charge is 0.425 e. The zero-order valence-electron chi connectivity index (χ0n) is 15.2. The molecule has 0 unspecified atom stereocenters. The maximum absolute atomic E-state index is 13.6. The van der Waals surface area contributed by atoms with Crippen molar-refractivity contribution < 1.29 is 9.13 Å². The van der Waals surface area contributed by atoms with Gasteiger partial charge in [0.05, 0.1) is 11.7 Å². The Balaban J connectivity index is 1.65. The van der Waals surface area contributed by atoms with Gasteiger partial charge in [-0.3, -0.25) is 9.25 Å². The fourth-order valence-electron chi connectivity index (χ4n) is 3.23. The monoisotopic (exact) mass is 374 g/mol. The number of ether oxygens (including phenoxy) is 1. The molecular formula is C20H15FN6O. The summed E-state index contributed by atoms with van der Waals surface area (Å²) < 4.78 is 23.1. The van der Waals surface area contributed by atoms with Crippen LogP contribution >= 0.6 is 0 Å². The summed E-state index contributed by atoms with van der Waals surface area (Å²) in [7, 11) is 3.61. The molecule has 0 bridgehead atoms. The predicted molar refractivity (Wildman–Crippen MR) is 102 cm³/mol. The molecule has 4 heterocycles. The smallest absolute Gasteiger partial charge is 0.303 e. The van der Waals surface area contributed by atoms with Crippen LogP contribution in [0.4, 0.5) is 4.39 Å². The first-order chi connectivity index (χ1) is 13.6. The van der Waals surface area contributed by atoms with Crippen molar-refractivity contribution in [1.82, 2.24) is 29.3 Å². The minimum absolute atomic E-state index is 0.404. The Morgan fingerprint density at radius 1 is 1.04 bits per heavy atom. The molecule has 4 aromatic heterocycles. The predicted octanol–water partition coefficient (Wildman–Crippen LogP) is 3.85. The molecule has 8 heteroatoms. The highest BCUT2D eigenvalue weighted by Crippen LogP contribution is 2.35. The average Bonchev–Trinajstić information content (AvgIpc) is 3.20. The molecule has 0 aliphatic rings. The zero-order valence-corrected chi connectivity index (χ0v) is 15.2. The summed E-state index contributed by atoms with van der Waals surface area (Å²) >= 11 is 0. The van der Waals surface area contributed by atoms with Gasteiger partial charge in [-0.05, 0) is 24.3 Å². The third kappa shape index (κ3) is 2.50. The minimum Gasteiger partial charge on any atom is -0.425 e. The van der Waals surface area contributed by atoms with Crippen LogP contribution in [-0.2, 0) is 14.1 Å². The lowest BCUT2D eigenvalue weighted by molar-refractivity contribution is 0.428. The van der Waals surface area contributed by atoms with E-state index >= 15 is 0 Å². The minimum atomic E-state index is -0.404. The maximum atomic E-state index is 13.6. The Kier molecular flexibility index (Phi) is 3.58. The van der Waals surface area contributed by atoms with Crippen LogP contribution in [0.5, 0.6) is 11.8 Å². The topological polar surface area (TPSA) is 70.7 Å². The first-order valence-corrected chi connectivity index (χ1v) is 8.65. The molecular weight excluding hydrogens is 359 g/mol. The molecule has 0 N–H and O–H groups in total. The lowest BCUT2D eigenvalue weighted by atomic mass is 10.1. The number of rotatable bonds is 3. The van der Waals surface area contributed by atoms with Crippen molar-refractivity contribution in [2.45, 2.75) is 0 Å². The van der Waals surface area contributed by atoms with Gasteiger partial charge in [0.2, 0.25) is 0 Å². The van der Waals surface area contributed by atoms with Crippen LogP contribution in [0.2, 0.25) is 0 Å². The van der Waals surface area contributed by atoms with Crippen molar-refractivity contribution in [2.75, 3.05) is 0 Å². The molecule has 1 aromatic carbocycles. The van der Waals surface area contributed by atoms with E-state index in [4.69, 9.17) is 4.74 Å². The highest BCUT2D eigenvalue weighted by molar-refractivity contribution is 5.91. The molecule has 0 aliphatic carbocycles. The van der Waals surface area contributed by atoms with E-state index in [-0.39, 0.29) is 0 Å². The van der Waals surface area contributed by atoms with E-state index in [0.717, 1.165) is 16.7 Å². The number of aryl methyl sites for hydroxylation is 2. The average molecular weight is 374 g/mol. The second-order valence-corrected chi connectivity index (χ2v) is 6.39. The first kappa shape index (κ1) is 16.4. The molecule has 28 heavy (non-hydrogen) atoms. The van der Waals surface area contributed by atoms with Gasteiger partial charge in [-0.2, -0.15) is 10.1 Å². The summed E-state index contributed by atoms with van der Waals surface area (Å²) in [6, 6.07) is 13.0. The van der Waals surface area contributed by atoms with Gasteiger partial charge >= 0.3 is 6.01 Å². The van der Waals surface area contributed by atoms with Crippen LogP contribution in [0.15, 0.2) is 54.9 Å². The van der Waals surface area contributed by atoms with Gasteiger partial charge in [0.25, 0.3) is 0 Å². The highest BCUT2D eigenvalue weighted by atomic mass is 19.1. The van der Waals surface area contributed by atoms with Crippen molar-refractivity contribution in [1.29, 1.82) is 0 Å². The van der Waals surface area contributed by atoms with Crippen molar-refractivity contribution in [3.63, 3.8) is 0 Å². The number of benzene rings is 1. The molecule has 7 nitrogen and oxygen atoms in total. The standard InChI is InChI=1S/C20H15FN6O/c1-26-19-14(7-5-9-22-19)24-20(26)28-16-8-4-3-6-13(16)17-18-15(27(2)25-17)10-12(21)11-23-18/h3-11H,1-2H3. The van der Waals surface area contributed by atoms with Gasteiger partial charge in [-0.1, -0.05) is 12.1 Å². The highest BCUT2D eigenvalue weighted by Gasteiger charge is 2.18. The van der Waals surface area contributed by atoms with Gasteiger partial charge in [0.1, 0.15) is 28.3 Å². The second-order valence-electron chi connectivity index (χ2n) is 6.39. The van der Waals surface area contributed by atoms with E-state index in [1.807, 2.05) is 43.4 Å². The van der Waals surface area contributed by atoms with Gasteiger partial charge in [0, 0.05) is 31.9 Å². The van der Waals surface area contributed by atoms with Gasteiger partial charge in [-0.15, -0.1) is 0 Å². The Morgan fingerprint density at radius 2 is 1.89 bits per heavy atom. The molecule has 0 fully saturated rings. The van der Waals surface area contributed by atoms with E-state index in [1.165, 1.54) is 12.3 Å². The third-order valence-corrected chi connectivity index (χ3v) is 4.59. The van der Waals surface area contributed by atoms with E-state index in [0.29, 0.717) is 28.5 Å². The number of pyridine rings is 2. The molecule has 5 aromatic rings. The first-order valence-electron chi connectivity index (χ1n) is 8.65. The number of aromatic nitrogens is 6. The molecule has 0 saturated heterocycles. The molecule has 0 aliphatic heterocycles. The van der Waals surface area contributed by atoms with Crippen molar-refractivity contribution in [2.24, 2.45) is 14.1 Å². The summed E-state index contributed by atoms with van der Waals surface area (Å²) in [5.41, 5.74) is 4.05. The fourth-order valence-corrected chi connectivity index (χ4v) is 3.23. The van der Waals surface area contributed by atoms with E-state index < -0.39 is 5.82 Å². The lowest BCUT2D eigenvalue weighted by Crippen LogP contribution is -1.97. The summed E-state index contributed by atoms with van der Waals surface area (Å²) in [4.78, 5) is 13.1. The van der Waals surface area contributed by atoms with Crippen molar-refractivity contribution in [3.8, 4) is 23.0 Å². The van der Waals surface area contributed by atoms with Crippen molar-refractivity contribution in [3.05, 3.63) is 60.7 Å². The number of halogens is 1. The summed E-state index contributed by atoms with van der Waals surface area (Å²) in [6.45, 7) is 0. The molecule has 5 rings (SSSR count). The van der Waals surface area contributed by atoms with Crippen LogP contribution in [0.1, 0.15) is 0 Å². The molecule has 0 radical (unpaired) electrons. The molecule has 0 spiro atoms. The molecule has 0 saturated carbocycles. The normalized spacial score (nSPS) is 11.4. The van der Waals surface area contributed by atoms with Crippen LogP contribution in [0.3, 0.4) is 0 Å². The number of hydrogen-bond acceptors (Lipinski definition) is 5.